The van der Waals surface area contributed by atoms with Crippen molar-refractivity contribution in [2.24, 2.45) is 11.7 Å². The van der Waals surface area contributed by atoms with E-state index in [0.717, 1.165) is 12.3 Å². The third-order valence-corrected chi connectivity index (χ3v) is 6.50. The second kappa shape index (κ2) is 9.24. The Hall–Kier alpha value is -1.64. The van der Waals surface area contributed by atoms with E-state index in [2.05, 4.69) is 87.2 Å². The molecule has 2 aromatic rings. The SMILES string of the molecule is CC(C(N)Cc1ccc(C(C)(C)C)cc1)N1CCC(Cc2ccccc2)CC1. The van der Waals surface area contributed by atoms with Crippen molar-refractivity contribution in [3.8, 4) is 0 Å². The van der Waals surface area contributed by atoms with Crippen LogP contribution in [-0.4, -0.2) is 30.1 Å². The van der Waals surface area contributed by atoms with Crippen LogP contribution in [0.1, 0.15) is 57.2 Å². The molecule has 0 amide bonds. The molecule has 0 aliphatic carbocycles. The van der Waals surface area contributed by atoms with Gasteiger partial charge in [-0.1, -0.05) is 75.4 Å². The van der Waals surface area contributed by atoms with Crippen molar-refractivity contribution in [1.82, 2.24) is 4.90 Å². The van der Waals surface area contributed by atoms with Crippen LogP contribution < -0.4 is 5.73 Å². The highest BCUT2D eigenvalue weighted by Gasteiger charge is 2.26. The van der Waals surface area contributed by atoms with Gasteiger partial charge in [0.1, 0.15) is 0 Å². The minimum Gasteiger partial charge on any atom is -0.326 e. The molecule has 2 aromatic carbocycles. The lowest BCUT2D eigenvalue weighted by atomic mass is 9.86. The molecule has 2 nitrogen and oxygen atoms in total. The fourth-order valence-corrected chi connectivity index (χ4v) is 4.37. The van der Waals surface area contributed by atoms with E-state index >= 15 is 0 Å². The van der Waals surface area contributed by atoms with E-state index in [4.69, 9.17) is 5.73 Å². The predicted octanol–water partition coefficient (Wildman–Crippen LogP) is 5.20. The molecule has 1 fully saturated rings. The van der Waals surface area contributed by atoms with Crippen molar-refractivity contribution in [3.63, 3.8) is 0 Å². The lowest BCUT2D eigenvalue weighted by molar-refractivity contribution is 0.125. The number of hydrogen-bond donors (Lipinski definition) is 1. The van der Waals surface area contributed by atoms with Gasteiger partial charge in [0, 0.05) is 12.1 Å². The Bertz CT molecular complexity index is 706. The van der Waals surface area contributed by atoms with Crippen LogP contribution in [-0.2, 0) is 18.3 Å². The molecule has 0 radical (unpaired) electrons. The fraction of sp³-hybridized carbons (Fsp3) is 0.538. The first-order chi connectivity index (χ1) is 13.3. The smallest absolute Gasteiger partial charge is 0.0234 e. The first-order valence-corrected chi connectivity index (χ1v) is 11.0. The molecule has 1 heterocycles. The molecular formula is C26H38N2. The molecule has 2 N–H and O–H groups in total. The van der Waals surface area contributed by atoms with Gasteiger partial charge in [0.05, 0.1) is 0 Å². The number of piperidine rings is 1. The third-order valence-electron chi connectivity index (χ3n) is 6.50. The van der Waals surface area contributed by atoms with Crippen molar-refractivity contribution < 1.29 is 0 Å². The zero-order valence-corrected chi connectivity index (χ0v) is 18.2. The number of hydrogen-bond acceptors (Lipinski definition) is 2. The molecule has 2 unspecified atom stereocenters. The van der Waals surface area contributed by atoms with Crippen LogP contribution in [0.5, 0.6) is 0 Å². The average Bonchev–Trinajstić information content (AvgIpc) is 2.68. The maximum Gasteiger partial charge on any atom is 0.0234 e. The molecule has 0 spiro atoms. The highest BCUT2D eigenvalue weighted by molar-refractivity contribution is 5.28. The Morgan fingerprint density at radius 2 is 1.54 bits per heavy atom. The van der Waals surface area contributed by atoms with Crippen LogP contribution in [0.4, 0.5) is 0 Å². The Balaban J connectivity index is 1.48. The zero-order chi connectivity index (χ0) is 20.1. The molecule has 1 aliphatic heterocycles. The van der Waals surface area contributed by atoms with Gasteiger partial charge in [-0.2, -0.15) is 0 Å². The molecule has 2 heteroatoms. The molecule has 152 valence electrons. The number of nitrogens with zero attached hydrogens (tertiary/aromatic N) is 1. The summed E-state index contributed by atoms with van der Waals surface area (Å²) in [6, 6.07) is 20.6. The second-order valence-corrected chi connectivity index (χ2v) is 9.72. The van der Waals surface area contributed by atoms with Crippen molar-refractivity contribution >= 4 is 0 Å². The van der Waals surface area contributed by atoms with Gasteiger partial charge in [-0.15, -0.1) is 0 Å². The topological polar surface area (TPSA) is 29.3 Å². The fourth-order valence-electron chi connectivity index (χ4n) is 4.37. The average molecular weight is 379 g/mol. The third kappa shape index (κ3) is 5.68. The van der Waals surface area contributed by atoms with Gasteiger partial charge in [-0.25, -0.2) is 0 Å². The lowest BCUT2D eigenvalue weighted by Crippen LogP contribution is -2.50. The van der Waals surface area contributed by atoms with Crippen molar-refractivity contribution in [2.75, 3.05) is 13.1 Å². The van der Waals surface area contributed by atoms with Gasteiger partial charge >= 0.3 is 0 Å². The van der Waals surface area contributed by atoms with Crippen LogP contribution in [0, 0.1) is 5.92 Å². The van der Waals surface area contributed by atoms with Gasteiger partial charge in [-0.05, 0) is 73.7 Å². The lowest BCUT2D eigenvalue weighted by Gasteiger charge is -2.38. The number of likely N-dealkylation sites (tertiary alicyclic amines) is 1. The van der Waals surface area contributed by atoms with Gasteiger partial charge in [0.15, 0.2) is 0 Å². The van der Waals surface area contributed by atoms with E-state index in [1.807, 2.05) is 0 Å². The Morgan fingerprint density at radius 1 is 0.929 bits per heavy atom. The number of nitrogens with two attached hydrogens (primary N) is 1. The van der Waals surface area contributed by atoms with Gasteiger partial charge < -0.3 is 5.73 Å². The largest absolute Gasteiger partial charge is 0.326 e. The molecule has 2 atom stereocenters. The monoisotopic (exact) mass is 378 g/mol. The van der Waals surface area contributed by atoms with Crippen molar-refractivity contribution in [1.29, 1.82) is 0 Å². The standard InChI is InChI=1S/C26H38N2/c1-20(25(27)19-22-10-12-24(13-11-22)26(2,3)4)28-16-14-23(15-17-28)18-21-8-6-5-7-9-21/h5-13,20,23,25H,14-19,27H2,1-4H3. The van der Waals surface area contributed by atoms with E-state index in [1.165, 1.54) is 49.0 Å². The highest BCUT2D eigenvalue weighted by atomic mass is 15.2. The molecule has 0 bridgehead atoms. The molecular weight excluding hydrogens is 340 g/mol. The maximum atomic E-state index is 6.62. The van der Waals surface area contributed by atoms with Crippen LogP contribution in [0.25, 0.3) is 0 Å². The Labute approximate surface area is 172 Å². The minimum absolute atomic E-state index is 0.186. The summed E-state index contributed by atoms with van der Waals surface area (Å²) >= 11 is 0. The second-order valence-electron chi connectivity index (χ2n) is 9.72. The summed E-state index contributed by atoms with van der Waals surface area (Å²) < 4.78 is 0. The summed E-state index contributed by atoms with van der Waals surface area (Å²) in [6.07, 6.45) is 4.74. The van der Waals surface area contributed by atoms with Crippen LogP contribution in [0.15, 0.2) is 54.6 Å². The summed E-state index contributed by atoms with van der Waals surface area (Å²) in [5.41, 5.74) is 11.0. The molecule has 28 heavy (non-hydrogen) atoms. The van der Waals surface area contributed by atoms with Crippen LogP contribution in [0.2, 0.25) is 0 Å². The van der Waals surface area contributed by atoms with Crippen molar-refractivity contribution in [3.05, 3.63) is 71.3 Å². The van der Waals surface area contributed by atoms with Crippen LogP contribution >= 0.6 is 0 Å². The quantitative estimate of drug-likeness (QED) is 0.749. The predicted molar refractivity (Wildman–Crippen MR) is 121 cm³/mol. The Kier molecular flexibility index (Phi) is 6.95. The van der Waals surface area contributed by atoms with Gasteiger partial charge in [0.25, 0.3) is 0 Å². The molecule has 1 saturated heterocycles. The summed E-state index contributed by atoms with van der Waals surface area (Å²) in [5.74, 6) is 0.812. The Morgan fingerprint density at radius 3 is 2.11 bits per heavy atom. The van der Waals surface area contributed by atoms with Gasteiger partial charge in [0.2, 0.25) is 0 Å². The molecule has 1 aliphatic rings. The molecule has 3 rings (SSSR count). The summed E-state index contributed by atoms with van der Waals surface area (Å²) in [7, 11) is 0. The summed E-state index contributed by atoms with van der Waals surface area (Å²) in [5, 5.41) is 0. The van der Waals surface area contributed by atoms with Gasteiger partial charge in [-0.3, -0.25) is 4.90 Å². The zero-order valence-electron chi connectivity index (χ0n) is 18.2. The minimum atomic E-state index is 0.186. The van der Waals surface area contributed by atoms with E-state index in [1.54, 1.807) is 0 Å². The maximum absolute atomic E-state index is 6.62. The summed E-state index contributed by atoms with van der Waals surface area (Å²) in [6.45, 7) is 11.4. The van der Waals surface area contributed by atoms with Crippen molar-refractivity contribution in [2.45, 2.75) is 70.9 Å². The van der Waals surface area contributed by atoms with Crippen LogP contribution in [0.3, 0.4) is 0 Å². The molecule has 0 saturated carbocycles. The number of rotatable bonds is 6. The van der Waals surface area contributed by atoms with E-state index in [0.29, 0.717) is 6.04 Å². The molecule has 0 aromatic heterocycles. The first-order valence-electron chi connectivity index (χ1n) is 11.0. The first kappa shape index (κ1) is 21.1. The summed E-state index contributed by atoms with van der Waals surface area (Å²) in [4.78, 5) is 2.61. The van der Waals surface area contributed by atoms with E-state index in [-0.39, 0.29) is 11.5 Å². The normalized spacial score (nSPS) is 18.8. The van der Waals surface area contributed by atoms with E-state index in [9.17, 15) is 0 Å². The highest BCUT2D eigenvalue weighted by Crippen LogP contribution is 2.25. The number of benzene rings is 2. The van der Waals surface area contributed by atoms with E-state index < -0.39 is 0 Å².